The summed E-state index contributed by atoms with van der Waals surface area (Å²) in [5.41, 5.74) is 3.65. The SMILES string of the molecule is COC(OC)C12c3ccccc3C(c3ccccc31)[C@@H]1C(=O)N(c3ccc(Cl)cc3)C(=O)[C@H]12. The van der Waals surface area contributed by atoms with Crippen LogP contribution in [-0.2, 0) is 24.5 Å². The Morgan fingerprint density at radius 2 is 1.36 bits per heavy atom. The van der Waals surface area contributed by atoms with E-state index in [4.69, 9.17) is 21.1 Å². The summed E-state index contributed by atoms with van der Waals surface area (Å²) in [5, 5.41) is 0.547. The summed E-state index contributed by atoms with van der Waals surface area (Å²) in [7, 11) is 3.17. The quantitative estimate of drug-likeness (QED) is 0.425. The number of halogens is 1. The van der Waals surface area contributed by atoms with Crippen molar-refractivity contribution in [3.63, 3.8) is 0 Å². The molecule has 1 heterocycles. The Labute approximate surface area is 196 Å². The van der Waals surface area contributed by atoms with Gasteiger partial charge in [0.25, 0.3) is 0 Å². The molecule has 33 heavy (non-hydrogen) atoms. The number of nitrogens with zero attached hydrogens (tertiary/aromatic N) is 1. The van der Waals surface area contributed by atoms with Crippen molar-refractivity contribution in [2.75, 3.05) is 19.1 Å². The van der Waals surface area contributed by atoms with E-state index in [1.165, 1.54) is 4.90 Å². The number of carbonyl (C=O) groups excluding carboxylic acids is 2. The molecule has 1 fully saturated rings. The molecule has 6 heteroatoms. The average Bonchev–Trinajstić information content (AvgIpc) is 3.12. The van der Waals surface area contributed by atoms with Crippen LogP contribution in [0.15, 0.2) is 72.8 Å². The fourth-order valence-electron chi connectivity index (χ4n) is 6.54. The number of ether oxygens (including phenoxy) is 2. The van der Waals surface area contributed by atoms with Crippen LogP contribution in [0.1, 0.15) is 28.2 Å². The van der Waals surface area contributed by atoms with Crippen LogP contribution in [0, 0.1) is 11.8 Å². The first-order chi connectivity index (χ1) is 16.1. The highest BCUT2D eigenvalue weighted by molar-refractivity contribution is 6.31. The first kappa shape index (κ1) is 20.6. The minimum Gasteiger partial charge on any atom is -0.355 e. The summed E-state index contributed by atoms with van der Waals surface area (Å²) in [6.07, 6.45) is -0.754. The molecule has 0 spiro atoms. The predicted molar refractivity (Wildman–Crippen MR) is 124 cm³/mol. The smallest absolute Gasteiger partial charge is 0.239 e. The van der Waals surface area contributed by atoms with Crippen molar-refractivity contribution < 1.29 is 19.1 Å². The van der Waals surface area contributed by atoms with Gasteiger partial charge in [0.1, 0.15) is 0 Å². The van der Waals surface area contributed by atoms with E-state index in [-0.39, 0.29) is 17.7 Å². The number of hydrogen-bond acceptors (Lipinski definition) is 4. The fraction of sp³-hybridized carbons (Fsp3) is 0.259. The second-order valence-electron chi connectivity index (χ2n) is 8.82. The lowest BCUT2D eigenvalue weighted by Crippen LogP contribution is -2.60. The molecule has 0 radical (unpaired) electrons. The van der Waals surface area contributed by atoms with Crippen LogP contribution < -0.4 is 4.90 Å². The molecule has 2 bridgehead atoms. The Kier molecular flexibility index (Phi) is 4.53. The molecule has 0 aromatic heterocycles. The molecule has 0 unspecified atom stereocenters. The van der Waals surface area contributed by atoms with E-state index in [9.17, 15) is 9.59 Å². The van der Waals surface area contributed by atoms with Gasteiger partial charge < -0.3 is 9.47 Å². The molecular weight excluding hydrogens is 438 g/mol. The van der Waals surface area contributed by atoms with Crippen LogP contribution in [0.2, 0.25) is 5.02 Å². The first-order valence-corrected chi connectivity index (χ1v) is 11.3. The Bertz CT molecular complexity index is 1240. The normalized spacial score (nSPS) is 27.0. The summed E-state index contributed by atoms with van der Waals surface area (Å²) in [6, 6.07) is 22.9. The van der Waals surface area contributed by atoms with E-state index in [1.54, 1.807) is 38.5 Å². The summed E-state index contributed by atoms with van der Waals surface area (Å²) in [5.74, 6) is -1.85. The highest BCUT2D eigenvalue weighted by Crippen LogP contribution is 2.65. The molecule has 2 amide bonds. The number of benzene rings is 3. The van der Waals surface area contributed by atoms with E-state index in [0.717, 1.165) is 22.3 Å². The molecule has 3 aromatic carbocycles. The van der Waals surface area contributed by atoms with Gasteiger partial charge in [-0.05, 0) is 46.5 Å². The van der Waals surface area contributed by atoms with Crippen molar-refractivity contribution in [3.8, 4) is 0 Å². The third-order valence-electron chi connectivity index (χ3n) is 7.57. The summed E-state index contributed by atoms with van der Waals surface area (Å²) >= 11 is 6.07. The third-order valence-corrected chi connectivity index (χ3v) is 7.82. The Morgan fingerprint density at radius 3 is 1.91 bits per heavy atom. The van der Waals surface area contributed by atoms with Gasteiger partial charge in [-0.15, -0.1) is 0 Å². The zero-order valence-electron chi connectivity index (χ0n) is 18.2. The highest BCUT2D eigenvalue weighted by Gasteiger charge is 2.71. The van der Waals surface area contributed by atoms with Gasteiger partial charge in [-0.1, -0.05) is 60.1 Å². The second kappa shape index (κ2) is 7.26. The monoisotopic (exact) mass is 459 g/mol. The molecule has 1 saturated heterocycles. The molecule has 3 aliphatic carbocycles. The molecule has 4 aliphatic rings. The van der Waals surface area contributed by atoms with Crippen molar-refractivity contribution >= 4 is 29.1 Å². The zero-order valence-corrected chi connectivity index (χ0v) is 19.0. The van der Waals surface area contributed by atoms with Crippen LogP contribution in [-0.4, -0.2) is 32.3 Å². The number of carbonyl (C=O) groups is 2. The number of hydrogen-bond donors (Lipinski definition) is 0. The molecule has 1 aliphatic heterocycles. The first-order valence-electron chi connectivity index (χ1n) is 10.9. The van der Waals surface area contributed by atoms with Crippen LogP contribution in [0.5, 0.6) is 0 Å². The Hall–Kier alpha value is -2.99. The molecule has 7 rings (SSSR count). The van der Waals surface area contributed by atoms with Gasteiger partial charge in [0.05, 0.1) is 22.9 Å². The molecule has 166 valence electrons. The fourth-order valence-corrected chi connectivity index (χ4v) is 6.67. The topological polar surface area (TPSA) is 55.8 Å². The van der Waals surface area contributed by atoms with E-state index in [1.807, 2.05) is 36.4 Å². The van der Waals surface area contributed by atoms with Crippen LogP contribution in [0.25, 0.3) is 0 Å². The van der Waals surface area contributed by atoms with Crippen LogP contribution in [0.3, 0.4) is 0 Å². The van der Waals surface area contributed by atoms with Crippen molar-refractivity contribution in [2.24, 2.45) is 11.8 Å². The Balaban J connectivity index is 1.67. The molecule has 2 atom stereocenters. The molecule has 0 saturated carbocycles. The van der Waals surface area contributed by atoms with Crippen molar-refractivity contribution in [1.29, 1.82) is 0 Å². The number of imide groups is 1. The summed E-state index contributed by atoms with van der Waals surface area (Å²) in [4.78, 5) is 29.5. The lowest BCUT2D eigenvalue weighted by Gasteiger charge is -2.56. The molecule has 0 N–H and O–H groups in total. The lowest BCUT2D eigenvalue weighted by atomic mass is 9.47. The maximum absolute atomic E-state index is 14.1. The summed E-state index contributed by atoms with van der Waals surface area (Å²) < 4.78 is 11.8. The summed E-state index contributed by atoms with van der Waals surface area (Å²) in [6.45, 7) is 0. The largest absolute Gasteiger partial charge is 0.355 e. The van der Waals surface area contributed by atoms with Gasteiger partial charge >= 0.3 is 0 Å². The number of anilines is 1. The van der Waals surface area contributed by atoms with Crippen LogP contribution >= 0.6 is 11.6 Å². The van der Waals surface area contributed by atoms with Gasteiger partial charge in [0, 0.05) is 25.2 Å². The van der Waals surface area contributed by atoms with Gasteiger partial charge in [-0.3, -0.25) is 9.59 Å². The number of rotatable bonds is 4. The predicted octanol–water partition coefficient (Wildman–Crippen LogP) is 4.51. The van der Waals surface area contributed by atoms with E-state index in [0.29, 0.717) is 10.7 Å². The zero-order chi connectivity index (χ0) is 22.9. The van der Waals surface area contributed by atoms with E-state index in [2.05, 4.69) is 12.1 Å². The maximum atomic E-state index is 14.1. The lowest BCUT2D eigenvalue weighted by molar-refractivity contribution is -0.168. The van der Waals surface area contributed by atoms with Gasteiger partial charge in [0.2, 0.25) is 11.8 Å². The van der Waals surface area contributed by atoms with Gasteiger partial charge in [0.15, 0.2) is 6.29 Å². The third kappa shape index (κ3) is 2.45. The van der Waals surface area contributed by atoms with Gasteiger partial charge in [-0.2, -0.15) is 0 Å². The minimum atomic E-state index is -0.954. The van der Waals surface area contributed by atoms with Crippen molar-refractivity contribution in [3.05, 3.63) is 100 Å². The van der Waals surface area contributed by atoms with Crippen LogP contribution in [0.4, 0.5) is 5.69 Å². The molecular formula is C27H22ClNO4. The maximum Gasteiger partial charge on any atom is 0.239 e. The molecule has 3 aromatic rings. The van der Waals surface area contributed by atoms with Crippen molar-refractivity contribution in [2.45, 2.75) is 17.6 Å². The molecule has 5 nitrogen and oxygen atoms in total. The Morgan fingerprint density at radius 1 is 0.818 bits per heavy atom. The standard InChI is InChI=1S/C27H22ClNO4/c1-32-26(33-2)27-19-9-5-3-7-17(19)21(18-8-4-6-10-20(18)27)22-23(27)25(31)29(24(22)30)16-13-11-15(28)12-14-16/h3-14,21-23,26H,1-2H3/t21?,22-,23-,27?/m0/s1. The van der Waals surface area contributed by atoms with E-state index >= 15 is 0 Å². The minimum absolute atomic E-state index is 0.198. The number of methoxy groups -OCH3 is 2. The van der Waals surface area contributed by atoms with E-state index < -0.39 is 23.5 Å². The average molecular weight is 460 g/mol. The van der Waals surface area contributed by atoms with Gasteiger partial charge in [-0.25, -0.2) is 4.90 Å². The highest BCUT2D eigenvalue weighted by atomic mass is 35.5. The second-order valence-corrected chi connectivity index (χ2v) is 9.25. The number of amides is 2. The van der Waals surface area contributed by atoms with Crippen molar-refractivity contribution in [1.82, 2.24) is 0 Å².